The molecule has 8 nitrogen and oxygen atoms in total. The van der Waals surface area contributed by atoms with Crippen LogP contribution in [0.25, 0.3) is 0 Å². The van der Waals surface area contributed by atoms with Gasteiger partial charge in [-0.15, -0.1) is 0 Å². The highest BCUT2D eigenvalue weighted by atomic mass is 19.1. The van der Waals surface area contributed by atoms with E-state index in [2.05, 4.69) is 5.32 Å². The lowest BCUT2D eigenvalue weighted by molar-refractivity contribution is -0.142. The number of Topliss-reactive ketones (excluding diaryl/α,β-unsaturated/α-hetero) is 1. The quantitative estimate of drug-likeness (QED) is 0.587. The Kier molecular flexibility index (Phi) is 8.37. The maximum Gasteiger partial charge on any atom is 0.254 e. The van der Waals surface area contributed by atoms with Crippen molar-refractivity contribution >= 4 is 29.2 Å². The summed E-state index contributed by atoms with van der Waals surface area (Å²) in [6.07, 6.45) is 1.01. The van der Waals surface area contributed by atoms with Gasteiger partial charge in [0.05, 0.1) is 12.6 Å². The summed E-state index contributed by atoms with van der Waals surface area (Å²) in [6.45, 7) is 6.14. The van der Waals surface area contributed by atoms with Crippen molar-refractivity contribution in [1.82, 2.24) is 15.1 Å². The molecule has 2 aliphatic heterocycles. The number of nitrogens with one attached hydrogen (secondary N) is 1. The van der Waals surface area contributed by atoms with Crippen LogP contribution < -0.4 is 10.2 Å². The Bertz CT molecular complexity index is 1260. The Morgan fingerprint density at radius 3 is 2.36 bits per heavy atom. The average molecular weight is 537 g/mol. The van der Waals surface area contributed by atoms with Crippen LogP contribution in [-0.2, 0) is 9.59 Å². The van der Waals surface area contributed by atoms with Crippen LogP contribution in [-0.4, -0.2) is 79.1 Å². The maximum absolute atomic E-state index is 14.0. The van der Waals surface area contributed by atoms with Crippen LogP contribution in [0.3, 0.4) is 0 Å². The van der Waals surface area contributed by atoms with E-state index in [-0.39, 0.29) is 41.5 Å². The average Bonchev–Trinajstić information content (AvgIpc) is 3.33. The van der Waals surface area contributed by atoms with E-state index in [9.17, 15) is 23.6 Å². The standard InChI is InChI=1S/C30H37FN4O4/c1-18(2)14-25(32-28(37)20-8-10-23(11-9-20)33(4)5)30(39)35-13-12-22-16-34(17-26(36)27(22)35)29(38)21-7-6-19(3)24(31)15-21/h6-11,15,18,22,25,27H,12-14,16-17H2,1-5H3,(H,32,37)/t22-,25-,27?/m0/s1. The predicted molar refractivity (Wildman–Crippen MR) is 147 cm³/mol. The number of carbonyl (C=O) groups is 4. The second-order valence-corrected chi connectivity index (χ2v) is 11.2. The summed E-state index contributed by atoms with van der Waals surface area (Å²) < 4.78 is 14.0. The van der Waals surface area contributed by atoms with E-state index in [4.69, 9.17) is 0 Å². The molecule has 2 fully saturated rings. The van der Waals surface area contributed by atoms with Gasteiger partial charge >= 0.3 is 0 Å². The Hall–Kier alpha value is -3.75. The van der Waals surface area contributed by atoms with Crippen LogP contribution in [0.5, 0.6) is 0 Å². The highest BCUT2D eigenvalue weighted by Gasteiger charge is 2.47. The van der Waals surface area contributed by atoms with Crippen LogP contribution >= 0.6 is 0 Å². The number of hydrogen-bond donors (Lipinski definition) is 1. The zero-order valence-corrected chi connectivity index (χ0v) is 23.2. The Morgan fingerprint density at radius 2 is 1.74 bits per heavy atom. The van der Waals surface area contributed by atoms with Gasteiger partial charge in [0.1, 0.15) is 11.9 Å². The number of fused-ring (bicyclic) bond motifs is 1. The highest BCUT2D eigenvalue weighted by Crippen LogP contribution is 2.31. The highest BCUT2D eigenvalue weighted by molar-refractivity contribution is 6.01. The molecule has 0 aromatic heterocycles. The van der Waals surface area contributed by atoms with Crippen LogP contribution in [0.2, 0.25) is 0 Å². The van der Waals surface area contributed by atoms with Crippen molar-refractivity contribution in [2.24, 2.45) is 11.8 Å². The number of anilines is 1. The van der Waals surface area contributed by atoms with Crippen LogP contribution in [0, 0.1) is 24.6 Å². The molecule has 0 spiro atoms. The molecule has 9 heteroatoms. The van der Waals surface area contributed by atoms with Gasteiger partial charge in [0, 0.05) is 49.9 Å². The predicted octanol–water partition coefficient (Wildman–Crippen LogP) is 3.29. The zero-order valence-electron chi connectivity index (χ0n) is 23.2. The lowest BCUT2D eigenvalue weighted by Crippen LogP contribution is -2.58. The summed E-state index contributed by atoms with van der Waals surface area (Å²) in [4.78, 5) is 58.1. The normalized spacial score (nSPS) is 19.6. The number of amides is 3. The molecule has 2 aromatic rings. The van der Waals surface area contributed by atoms with E-state index in [1.807, 2.05) is 45.0 Å². The summed E-state index contributed by atoms with van der Waals surface area (Å²) in [5.74, 6) is -1.76. The minimum Gasteiger partial charge on any atom is -0.378 e. The minimum absolute atomic E-state index is 0.138. The zero-order chi connectivity index (χ0) is 28.4. The van der Waals surface area contributed by atoms with E-state index in [0.29, 0.717) is 37.1 Å². The Morgan fingerprint density at radius 1 is 1.08 bits per heavy atom. The van der Waals surface area contributed by atoms with Gasteiger partial charge in [-0.05, 0) is 67.6 Å². The molecule has 3 amide bonds. The Labute approximate surface area is 229 Å². The van der Waals surface area contributed by atoms with Crippen molar-refractivity contribution in [3.8, 4) is 0 Å². The van der Waals surface area contributed by atoms with E-state index in [1.165, 1.54) is 11.0 Å². The van der Waals surface area contributed by atoms with Gasteiger partial charge in [-0.2, -0.15) is 0 Å². The number of halogens is 1. The lowest BCUT2D eigenvalue weighted by atomic mass is 9.91. The smallest absolute Gasteiger partial charge is 0.254 e. The molecule has 0 saturated carbocycles. The van der Waals surface area contributed by atoms with Crippen LogP contribution in [0.1, 0.15) is 53.0 Å². The van der Waals surface area contributed by atoms with Crippen molar-refractivity contribution in [3.63, 3.8) is 0 Å². The van der Waals surface area contributed by atoms with Crippen LogP contribution in [0.15, 0.2) is 42.5 Å². The number of ketones is 1. The van der Waals surface area contributed by atoms with Gasteiger partial charge in [-0.3, -0.25) is 19.2 Å². The number of hydrogen-bond acceptors (Lipinski definition) is 5. The molecular formula is C30H37FN4O4. The maximum atomic E-state index is 14.0. The molecule has 2 aromatic carbocycles. The summed E-state index contributed by atoms with van der Waals surface area (Å²) in [6, 6.07) is 10.0. The van der Waals surface area contributed by atoms with E-state index < -0.39 is 23.8 Å². The second kappa shape index (κ2) is 11.6. The summed E-state index contributed by atoms with van der Waals surface area (Å²) in [5.41, 5.74) is 2.06. The molecular weight excluding hydrogens is 499 g/mol. The van der Waals surface area contributed by atoms with Gasteiger partial charge < -0.3 is 20.0 Å². The summed E-state index contributed by atoms with van der Waals surface area (Å²) in [7, 11) is 3.83. The molecule has 39 heavy (non-hydrogen) atoms. The van der Waals surface area contributed by atoms with E-state index >= 15 is 0 Å². The number of benzene rings is 2. The number of carbonyl (C=O) groups excluding carboxylic acids is 4. The third kappa shape index (κ3) is 6.13. The van der Waals surface area contributed by atoms with Gasteiger partial charge in [0.15, 0.2) is 5.78 Å². The van der Waals surface area contributed by atoms with Crippen molar-refractivity contribution in [3.05, 3.63) is 65.0 Å². The number of likely N-dealkylation sites (tertiary alicyclic amines) is 2. The number of piperidine rings is 1. The number of aryl methyl sites for hydroxylation is 1. The summed E-state index contributed by atoms with van der Waals surface area (Å²) in [5, 5.41) is 2.90. The first kappa shape index (κ1) is 28.3. The largest absolute Gasteiger partial charge is 0.378 e. The Balaban J connectivity index is 1.46. The third-order valence-corrected chi connectivity index (χ3v) is 7.60. The first-order valence-corrected chi connectivity index (χ1v) is 13.4. The first-order chi connectivity index (χ1) is 18.5. The molecule has 2 aliphatic rings. The molecule has 4 rings (SSSR count). The van der Waals surface area contributed by atoms with Gasteiger partial charge in [0.25, 0.3) is 11.8 Å². The van der Waals surface area contributed by atoms with Crippen molar-refractivity contribution in [2.45, 2.75) is 45.7 Å². The minimum atomic E-state index is -0.771. The second-order valence-electron chi connectivity index (χ2n) is 11.2. The number of rotatable bonds is 7. The molecule has 1 N–H and O–H groups in total. The molecule has 0 radical (unpaired) electrons. The molecule has 0 aliphatic carbocycles. The SMILES string of the molecule is Cc1ccc(C(=O)N2CC(=O)C3[C@@H](CCN3C(=O)[C@H](CC(C)C)NC(=O)c3ccc(N(C)C)cc3)C2)cc1F. The first-order valence-electron chi connectivity index (χ1n) is 13.4. The molecule has 208 valence electrons. The lowest BCUT2D eigenvalue weighted by Gasteiger charge is -2.38. The van der Waals surface area contributed by atoms with Gasteiger partial charge in [-0.1, -0.05) is 19.9 Å². The fraction of sp³-hybridized carbons (Fsp3) is 0.467. The molecule has 1 unspecified atom stereocenters. The van der Waals surface area contributed by atoms with Crippen molar-refractivity contribution < 1.29 is 23.6 Å². The topological polar surface area (TPSA) is 90.0 Å². The van der Waals surface area contributed by atoms with E-state index in [0.717, 1.165) is 5.69 Å². The van der Waals surface area contributed by atoms with E-state index in [1.54, 1.807) is 36.1 Å². The molecule has 0 bridgehead atoms. The summed E-state index contributed by atoms with van der Waals surface area (Å²) >= 11 is 0. The van der Waals surface area contributed by atoms with Crippen LogP contribution in [0.4, 0.5) is 10.1 Å². The van der Waals surface area contributed by atoms with Gasteiger partial charge in [0.2, 0.25) is 5.91 Å². The monoisotopic (exact) mass is 536 g/mol. The fourth-order valence-corrected chi connectivity index (χ4v) is 5.47. The molecule has 2 saturated heterocycles. The molecule has 2 heterocycles. The fourth-order valence-electron chi connectivity index (χ4n) is 5.47. The number of nitrogens with zero attached hydrogens (tertiary/aromatic N) is 3. The van der Waals surface area contributed by atoms with Crippen molar-refractivity contribution in [1.29, 1.82) is 0 Å². The molecule has 3 atom stereocenters. The van der Waals surface area contributed by atoms with Crippen molar-refractivity contribution in [2.75, 3.05) is 38.6 Å². The third-order valence-electron chi connectivity index (χ3n) is 7.60. The van der Waals surface area contributed by atoms with Gasteiger partial charge in [-0.25, -0.2) is 4.39 Å².